The van der Waals surface area contributed by atoms with Crippen LogP contribution >= 0.6 is 0 Å². The summed E-state index contributed by atoms with van der Waals surface area (Å²) < 4.78 is 0. The molecule has 0 spiro atoms. The van der Waals surface area contributed by atoms with Crippen molar-refractivity contribution in [1.29, 1.82) is 0 Å². The molecule has 1 aliphatic rings. The van der Waals surface area contributed by atoms with Crippen molar-refractivity contribution in [3.63, 3.8) is 0 Å². The van der Waals surface area contributed by atoms with Crippen LogP contribution in [0.1, 0.15) is 20.3 Å². The standard InChI is InChI=1S/C8H12N2O4/c1-8(2)6(13)10(7(14)9-8)4-3-5(11)12/h3-4H2,1-2H3,(H,9,14)(H,11,12)/p-1. The van der Waals surface area contributed by atoms with E-state index in [2.05, 4.69) is 5.32 Å². The summed E-state index contributed by atoms with van der Waals surface area (Å²) >= 11 is 0. The van der Waals surface area contributed by atoms with E-state index in [9.17, 15) is 19.5 Å². The van der Waals surface area contributed by atoms with Crippen molar-refractivity contribution < 1.29 is 19.5 Å². The van der Waals surface area contributed by atoms with Crippen molar-refractivity contribution in [2.45, 2.75) is 25.8 Å². The molecular formula is C8H11N2O4-. The highest BCUT2D eigenvalue weighted by Gasteiger charge is 2.43. The Hall–Kier alpha value is -1.59. The van der Waals surface area contributed by atoms with E-state index in [0.717, 1.165) is 4.90 Å². The van der Waals surface area contributed by atoms with Crippen molar-refractivity contribution in [2.24, 2.45) is 0 Å². The number of aliphatic carboxylic acids is 1. The van der Waals surface area contributed by atoms with Gasteiger partial charge in [0.25, 0.3) is 5.91 Å². The highest BCUT2D eigenvalue weighted by Crippen LogP contribution is 2.16. The minimum atomic E-state index is -1.28. The van der Waals surface area contributed by atoms with Crippen molar-refractivity contribution in [2.75, 3.05) is 6.54 Å². The first-order chi connectivity index (χ1) is 6.34. The van der Waals surface area contributed by atoms with Gasteiger partial charge in [-0.1, -0.05) is 0 Å². The van der Waals surface area contributed by atoms with Crippen LogP contribution in [0.15, 0.2) is 0 Å². The molecule has 6 nitrogen and oxygen atoms in total. The molecule has 0 atom stereocenters. The molecule has 0 aromatic heterocycles. The first-order valence-corrected chi connectivity index (χ1v) is 4.18. The lowest BCUT2D eigenvalue weighted by molar-refractivity contribution is -0.305. The molecule has 0 unspecified atom stereocenters. The molecule has 0 saturated carbocycles. The zero-order valence-corrected chi connectivity index (χ0v) is 7.99. The maximum atomic E-state index is 11.5. The van der Waals surface area contributed by atoms with E-state index < -0.39 is 23.4 Å². The first-order valence-electron chi connectivity index (χ1n) is 4.18. The van der Waals surface area contributed by atoms with Gasteiger partial charge in [0.15, 0.2) is 0 Å². The maximum absolute atomic E-state index is 11.5. The second kappa shape index (κ2) is 3.28. The second-order valence-corrected chi connectivity index (χ2v) is 3.63. The lowest BCUT2D eigenvalue weighted by atomic mass is 10.1. The normalized spacial score (nSPS) is 19.7. The molecule has 1 N–H and O–H groups in total. The van der Waals surface area contributed by atoms with E-state index in [1.807, 2.05) is 0 Å². The Morgan fingerprint density at radius 1 is 1.50 bits per heavy atom. The Kier molecular flexibility index (Phi) is 2.46. The Balaban J connectivity index is 2.67. The zero-order valence-electron chi connectivity index (χ0n) is 7.99. The summed E-state index contributed by atoms with van der Waals surface area (Å²) in [7, 11) is 0. The molecule has 1 saturated heterocycles. The lowest BCUT2D eigenvalue weighted by Crippen LogP contribution is -2.40. The van der Waals surface area contributed by atoms with E-state index in [4.69, 9.17) is 0 Å². The highest BCUT2D eigenvalue weighted by molar-refractivity contribution is 6.06. The average molecular weight is 199 g/mol. The molecule has 0 bridgehead atoms. The fourth-order valence-electron chi connectivity index (χ4n) is 1.22. The van der Waals surface area contributed by atoms with Gasteiger partial charge in [-0.3, -0.25) is 9.69 Å². The van der Waals surface area contributed by atoms with E-state index in [-0.39, 0.29) is 13.0 Å². The second-order valence-electron chi connectivity index (χ2n) is 3.63. The fourth-order valence-corrected chi connectivity index (χ4v) is 1.22. The quantitative estimate of drug-likeness (QED) is 0.557. The van der Waals surface area contributed by atoms with Crippen LogP contribution in [0.4, 0.5) is 4.79 Å². The summed E-state index contributed by atoms with van der Waals surface area (Å²) in [6.45, 7) is 2.98. The van der Waals surface area contributed by atoms with Gasteiger partial charge >= 0.3 is 6.03 Å². The molecular weight excluding hydrogens is 188 g/mol. The Morgan fingerprint density at radius 3 is 2.43 bits per heavy atom. The van der Waals surface area contributed by atoms with Crippen LogP contribution in [0.3, 0.4) is 0 Å². The Bertz CT molecular complexity index is 298. The van der Waals surface area contributed by atoms with Gasteiger partial charge in [0.1, 0.15) is 5.54 Å². The van der Waals surface area contributed by atoms with E-state index in [1.165, 1.54) is 0 Å². The molecule has 1 rings (SSSR count). The third kappa shape index (κ3) is 1.84. The molecule has 0 aromatic carbocycles. The van der Waals surface area contributed by atoms with Crippen LogP contribution in [0.25, 0.3) is 0 Å². The number of hydrogen-bond donors (Lipinski definition) is 1. The van der Waals surface area contributed by atoms with Crippen LogP contribution < -0.4 is 10.4 Å². The number of nitrogens with one attached hydrogen (secondary N) is 1. The van der Waals surface area contributed by atoms with Crippen molar-refractivity contribution >= 4 is 17.9 Å². The Morgan fingerprint density at radius 2 is 2.07 bits per heavy atom. The van der Waals surface area contributed by atoms with Crippen LogP contribution in [-0.4, -0.2) is 34.9 Å². The minimum Gasteiger partial charge on any atom is -0.550 e. The number of imide groups is 1. The molecule has 78 valence electrons. The number of carbonyl (C=O) groups excluding carboxylic acids is 3. The van der Waals surface area contributed by atoms with E-state index >= 15 is 0 Å². The topological polar surface area (TPSA) is 89.5 Å². The van der Waals surface area contributed by atoms with Crippen molar-refractivity contribution in [3.8, 4) is 0 Å². The highest BCUT2D eigenvalue weighted by atomic mass is 16.4. The number of carboxylic acids is 1. The SMILES string of the molecule is CC1(C)NC(=O)N(CCC(=O)[O-])C1=O. The monoisotopic (exact) mass is 199 g/mol. The first kappa shape index (κ1) is 10.5. The van der Waals surface area contributed by atoms with Crippen LogP contribution in [0, 0.1) is 0 Å². The molecule has 3 amide bonds. The third-order valence-corrected chi connectivity index (χ3v) is 1.98. The predicted octanol–water partition coefficient (Wildman–Crippen LogP) is -1.54. The zero-order chi connectivity index (χ0) is 10.9. The van der Waals surface area contributed by atoms with Crippen molar-refractivity contribution in [3.05, 3.63) is 0 Å². The predicted molar refractivity (Wildman–Crippen MR) is 43.9 cm³/mol. The minimum absolute atomic E-state index is 0.142. The van der Waals surface area contributed by atoms with Gasteiger partial charge in [-0.2, -0.15) is 0 Å². The molecule has 0 radical (unpaired) electrons. The van der Waals surface area contributed by atoms with Gasteiger partial charge in [0.05, 0.1) is 0 Å². The van der Waals surface area contributed by atoms with Crippen molar-refractivity contribution in [1.82, 2.24) is 10.2 Å². The molecule has 1 fully saturated rings. The maximum Gasteiger partial charge on any atom is 0.325 e. The van der Waals surface area contributed by atoms with Gasteiger partial charge < -0.3 is 15.2 Å². The number of hydrogen-bond acceptors (Lipinski definition) is 4. The largest absolute Gasteiger partial charge is 0.550 e. The number of carbonyl (C=O) groups is 3. The van der Waals surface area contributed by atoms with Crippen LogP contribution in [0.5, 0.6) is 0 Å². The summed E-state index contributed by atoms with van der Waals surface area (Å²) in [5.74, 6) is -1.70. The fraction of sp³-hybridized carbons (Fsp3) is 0.625. The number of nitrogens with zero attached hydrogens (tertiary/aromatic N) is 1. The molecule has 14 heavy (non-hydrogen) atoms. The van der Waals surface area contributed by atoms with Gasteiger partial charge in [-0.05, 0) is 13.8 Å². The molecule has 0 aromatic rings. The number of amides is 3. The summed E-state index contributed by atoms with van der Waals surface area (Å²) in [6.07, 6.45) is -0.338. The van der Waals surface area contributed by atoms with Gasteiger partial charge in [0.2, 0.25) is 0 Å². The molecule has 0 aliphatic carbocycles. The summed E-state index contributed by atoms with van der Waals surface area (Å²) in [5, 5.41) is 12.6. The van der Waals surface area contributed by atoms with Crippen LogP contribution in [-0.2, 0) is 9.59 Å². The van der Waals surface area contributed by atoms with Gasteiger partial charge in [-0.15, -0.1) is 0 Å². The number of carboxylic acid groups (broad SMARTS) is 1. The summed E-state index contributed by atoms with van der Waals surface area (Å²) in [5.41, 5.74) is -0.941. The van der Waals surface area contributed by atoms with E-state index in [1.54, 1.807) is 13.8 Å². The smallest absolute Gasteiger partial charge is 0.325 e. The Labute approximate surface area is 80.9 Å². The molecule has 6 heteroatoms. The third-order valence-electron chi connectivity index (χ3n) is 1.98. The summed E-state index contributed by atoms with van der Waals surface area (Å²) in [4.78, 5) is 33.7. The van der Waals surface area contributed by atoms with E-state index in [0.29, 0.717) is 0 Å². The molecule has 1 aliphatic heterocycles. The lowest BCUT2D eigenvalue weighted by Gasteiger charge is -2.15. The number of urea groups is 1. The summed E-state index contributed by atoms with van der Waals surface area (Å²) in [6, 6.07) is -0.554. The number of rotatable bonds is 3. The molecule has 1 heterocycles. The average Bonchev–Trinajstić information content (AvgIpc) is 2.19. The van der Waals surface area contributed by atoms with Gasteiger partial charge in [0, 0.05) is 18.9 Å². The van der Waals surface area contributed by atoms with Gasteiger partial charge in [-0.25, -0.2) is 4.79 Å². The van der Waals surface area contributed by atoms with Crippen LogP contribution in [0.2, 0.25) is 0 Å².